The largest absolute Gasteiger partial charge is 0.416 e. The zero-order chi connectivity index (χ0) is 27.9. The number of aromatic nitrogens is 4. The summed E-state index contributed by atoms with van der Waals surface area (Å²) >= 11 is 0. The number of aryl methyl sites for hydroxylation is 2. The molecule has 2 aliphatic heterocycles. The van der Waals surface area contributed by atoms with Crippen LogP contribution in [-0.2, 0) is 24.5 Å². The van der Waals surface area contributed by atoms with E-state index in [1.165, 1.54) is 12.8 Å². The number of hydrazine groups is 1. The first-order valence-electron chi connectivity index (χ1n) is 13.1. The number of rotatable bonds is 4. The Morgan fingerprint density at radius 3 is 2.24 bits per heavy atom. The summed E-state index contributed by atoms with van der Waals surface area (Å²) in [5.41, 5.74) is 4.18. The van der Waals surface area contributed by atoms with Crippen LogP contribution in [0.4, 0.5) is 24.9 Å². The molecule has 1 atom stereocenters. The van der Waals surface area contributed by atoms with Crippen molar-refractivity contribution in [1.82, 2.24) is 24.4 Å². The van der Waals surface area contributed by atoms with Crippen molar-refractivity contribution < 1.29 is 17.9 Å². The van der Waals surface area contributed by atoms with Crippen LogP contribution in [-0.4, -0.2) is 63.3 Å². The number of hydrogen-bond acceptors (Lipinski definition) is 8. The van der Waals surface area contributed by atoms with Gasteiger partial charge in [0.25, 0.3) is 0 Å². The van der Waals surface area contributed by atoms with Crippen molar-refractivity contribution in [2.24, 2.45) is 12.9 Å². The number of nitrogens with two attached hydrogens (primary N) is 1. The van der Waals surface area contributed by atoms with E-state index in [2.05, 4.69) is 37.1 Å². The molecule has 0 bridgehead atoms. The summed E-state index contributed by atoms with van der Waals surface area (Å²) in [6, 6.07) is 5.48. The van der Waals surface area contributed by atoms with Crippen LogP contribution in [0.3, 0.4) is 0 Å². The molecule has 0 amide bonds. The summed E-state index contributed by atoms with van der Waals surface area (Å²) in [6.45, 7) is 12.8. The molecule has 38 heavy (non-hydrogen) atoms. The number of nitrogen functional groups attached to an aromatic ring is 1. The maximum Gasteiger partial charge on any atom is 0.416 e. The van der Waals surface area contributed by atoms with Gasteiger partial charge in [0, 0.05) is 52.5 Å². The summed E-state index contributed by atoms with van der Waals surface area (Å²) < 4.78 is 45.2. The number of alkyl halides is 3. The highest BCUT2D eigenvalue weighted by Gasteiger charge is 2.31. The molecule has 210 valence electrons. The van der Waals surface area contributed by atoms with Crippen molar-refractivity contribution >= 4 is 22.9 Å². The fraction of sp³-hybridized carbons (Fsp3) is 0.577. The van der Waals surface area contributed by atoms with Crippen LogP contribution < -0.4 is 16.2 Å². The highest BCUT2D eigenvalue weighted by atomic mass is 19.4. The topological polar surface area (TPSA) is 97.4 Å². The number of nitrogens with one attached hydrogen (secondary N) is 1. The summed E-state index contributed by atoms with van der Waals surface area (Å²) in [6.07, 6.45) is -1.76. The third-order valence-electron chi connectivity index (χ3n) is 6.55. The molecule has 0 saturated carbocycles. The zero-order valence-corrected chi connectivity index (χ0v) is 22.8. The van der Waals surface area contributed by atoms with Gasteiger partial charge in [0.05, 0.1) is 5.56 Å². The molecule has 9 nitrogen and oxygen atoms in total. The molecule has 0 spiro atoms. The van der Waals surface area contributed by atoms with E-state index in [4.69, 9.17) is 10.6 Å². The predicted molar refractivity (Wildman–Crippen MR) is 144 cm³/mol. The maximum atomic E-state index is 12.8. The minimum Gasteiger partial charge on any atom is -0.381 e. The number of anilines is 2. The molecule has 2 saturated heterocycles. The summed E-state index contributed by atoms with van der Waals surface area (Å²) in [7, 11) is 1.90. The second-order valence-corrected chi connectivity index (χ2v) is 9.20. The van der Waals surface area contributed by atoms with Gasteiger partial charge in [-0.05, 0) is 44.4 Å². The van der Waals surface area contributed by atoms with Crippen molar-refractivity contribution in [1.29, 1.82) is 0 Å². The van der Waals surface area contributed by atoms with Gasteiger partial charge in [-0.15, -0.1) is 0 Å². The molecule has 0 aliphatic carbocycles. The monoisotopic (exact) mass is 536 g/mol. The maximum absolute atomic E-state index is 12.8. The van der Waals surface area contributed by atoms with Crippen LogP contribution in [0.15, 0.2) is 24.3 Å². The van der Waals surface area contributed by atoms with E-state index in [9.17, 15) is 13.2 Å². The first-order valence-corrected chi connectivity index (χ1v) is 13.1. The van der Waals surface area contributed by atoms with Crippen molar-refractivity contribution in [3.63, 3.8) is 0 Å². The van der Waals surface area contributed by atoms with Gasteiger partial charge in [-0.1, -0.05) is 26.0 Å². The quantitative estimate of drug-likeness (QED) is 0.371. The van der Waals surface area contributed by atoms with Gasteiger partial charge in [-0.3, -0.25) is 10.3 Å². The summed E-state index contributed by atoms with van der Waals surface area (Å²) in [4.78, 5) is 18.0. The Hall–Kier alpha value is -2.96. The average Bonchev–Trinajstić information content (AvgIpc) is 3.58. The van der Waals surface area contributed by atoms with E-state index < -0.39 is 11.7 Å². The fourth-order valence-corrected chi connectivity index (χ4v) is 4.48. The molecular formula is C26H39F3N8O. The Kier molecular flexibility index (Phi) is 10.3. The van der Waals surface area contributed by atoms with Gasteiger partial charge in [-0.2, -0.15) is 23.1 Å². The lowest BCUT2D eigenvalue weighted by Crippen LogP contribution is -2.52. The predicted octanol–water partition coefficient (Wildman–Crippen LogP) is 4.51. The van der Waals surface area contributed by atoms with E-state index in [1.807, 2.05) is 32.4 Å². The summed E-state index contributed by atoms with van der Waals surface area (Å²) in [5.74, 6) is 7.45. The molecular weight excluding hydrogens is 497 g/mol. The SMILES string of the molecule is C1CCOC1.CC.Cc1nc2c(N3CCN(Cc4ccc(C(F)(F)F)cc4)CC3C)nc(NN)nc2n1C. The van der Waals surface area contributed by atoms with Crippen molar-refractivity contribution in [2.75, 3.05) is 43.2 Å². The van der Waals surface area contributed by atoms with Crippen LogP contribution in [0.2, 0.25) is 0 Å². The molecule has 4 heterocycles. The minimum atomic E-state index is -4.32. The Bertz CT molecular complexity index is 1150. The Labute approximate surface area is 222 Å². The molecule has 3 aromatic rings. The number of piperazine rings is 1. The van der Waals surface area contributed by atoms with Gasteiger partial charge < -0.3 is 14.2 Å². The molecule has 1 unspecified atom stereocenters. The third-order valence-corrected chi connectivity index (χ3v) is 6.55. The number of halogens is 3. The van der Waals surface area contributed by atoms with E-state index in [1.54, 1.807) is 12.1 Å². The fourth-order valence-electron chi connectivity index (χ4n) is 4.48. The van der Waals surface area contributed by atoms with Crippen LogP contribution in [0.1, 0.15) is 50.6 Å². The van der Waals surface area contributed by atoms with Gasteiger partial charge >= 0.3 is 6.18 Å². The van der Waals surface area contributed by atoms with E-state index >= 15 is 0 Å². The lowest BCUT2D eigenvalue weighted by atomic mass is 10.1. The first kappa shape index (κ1) is 29.6. The molecule has 5 rings (SSSR count). The standard InChI is InChI=1S/C20H25F3N8.C4H8O.C2H6/c1-12-10-30(11-14-4-6-15(7-5-14)20(21,22)23)8-9-31(12)18-16-17(26-19(27-18)28-24)29(3)13(2)25-16;1-2-4-5-3-1;1-2/h4-7,12H,8-11,24H2,1-3H3,(H,26,27,28);1-4H2;1-2H3. The molecule has 1 aromatic carbocycles. The van der Waals surface area contributed by atoms with Crippen molar-refractivity contribution in [3.8, 4) is 0 Å². The number of benzene rings is 1. The first-order chi connectivity index (χ1) is 18.2. The Morgan fingerprint density at radius 2 is 1.71 bits per heavy atom. The van der Waals surface area contributed by atoms with Gasteiger partial charge in [-0.25, -0.2) is 10.8 Å². The third kappa shape index (κ3) is 7.12. The smallest absolute Gasteiger partial charge is 0.381 e. The Balaban J connectivity index is 0.000000504. The second-order valence-electron chi connectivity index (χ2n) is 9.20. The van der Waals surface area contributed by atoms with Crippen LogP contribution >= 0.6 is 0 Å². The molecule has 2 fully saturated rings. The lowest BCUT2D eigenvalue weighted by Gasteiger charge is -2.40. The number of ether oxygens (including phenoxy) is 1. The van der Waals surface area contributed by atoms with Gasteiger partial charge in [0.2, 0.25) is 5.95 Å². The Morgan fingerprint density at radius 1 is 1.05 bits per heavy atom. The van der Waals surface area contributed by atoms with Crippen molar-refractivity contribution in [3.05, 3.63) is 41.2 Å². The van der Waals surface area contributed by atoms with Gasteiger partial charge in [0.15, 0.2) is 17.0 Å². The molecule has 3 N–H and O–H groups in total. The van der Waals surface area contributed by atoms with Crippen LogP contribution in [0.5, 0.6) is 0 Å². The minimum absolute atomic E-state index is 0.120. The highest BCUT2D eigenvalue weighted by Crippen LogP contribution is 2.30. The lowest BCUT2D eigenvalue weighted by molar-refractivity contribution is -0.137. The van der Waals surface area contributed by atoms with E-state index in [0.717, 1.165) is 61.2 Å². The average molecular weight is 537 g/mol. The number of imidazole rings is 1. The molecule has 0 radical (unpaired) electrons. The number of nitrogens with zero attached hydrogens (tertiary/aromatic N) is 6. The number of hydrogen-bond donors (Lipinski definition) is 2. The van der Waals surface area contributed by atoms with Crippen LogP contribution in [0, 0.1) is 6.92 Å². The van der Waals surface area contributed by atoms with Gasteiger partial charge in [0.1, 0.15) is 5.82 Å². The zero-order valence-electron chi connectivity index (χ0n) is 22.8. The molecule has 2 aliphatic rings. The molecule has 2 aromatic heterocycles. The highest BCUT2D eigenvalue weighted by molar-refractivity contribution is 5.85. The van der Waals surface area contributed by atoms with Crippen molar-refractivity contribution in [2.45, 2.75) is 59.3 Å². The van der Waals surface area contributed by atoms with Crippen LogP contribution in [0.25, 0.3) is 11.2 Å². The second kappa shape index (κ2) is 13.2. The number of fused-ring (bicyclic) bond motifs is 1. The van der Waals surface area contributed by atoms with E-state index in [0.29, 0.717) is 24.7 Å². The summed E-state index contributed by atoms with van der Waals surface area (Å²) in [5, 5.41) is 0. The van der Waals surface area contributed by atoms with E-state index in [-0.39, 0.29) is 6.04 Å². The molecule has 12 heteroatoms. The normalized spacial score (nSPS) is 18.0.